The third-order valence-electron chi connectivity index (χ3n) is 3.91. The second kappa shape index (κ2) is 5.07. The Morgan fingerprint density at radius 3 is 2.68 bits per heavy atom. The molecule has 6 heteroatoms. The van der Waals surface area contributed by atoms with E-state index in [0.717, 1.165) is 41.3 Å². The number of pyridine rings is 1. The van der Waals surface area contributed by atoms with Crippen LogP contribution < -0.4 is 0 Å². The Bertz CT molecular complexity index is 886. The predicted octanol–water partition coefficient (Wildman–Crippen LogP) is 4.04. The standard InChI is InChI=1S/C16H12Cl2N4/c1-9-20-21-15-3-2-10-4-11(6-14(18)16(10)22(9)15)12-5-13(17)8-19-7-12/h4-8H,2-3H2,1H3. The molecule has 110 valence electrons. The number of nitrogens with zero attached hydrogens (tertiary/aromatic N) is 4. The molecule has 1 aliphatic rings. The van der Waals surface area contributed by atoms with Crippen LogP contribution in [0.2, 0.25) is 10.0 Å². The maximum Gasteiger partial charge on any atom is 0.137 e. The van der Waals surface area contributed by atoms with Crippen molar-refractivity contribution in [2.45, 2.75) is 19.8 Å². The molecular formula is C16H12Cl2N4. The molecule has 0 aliphatic carbocycles. The zero-order valence-electron chi connectivity index (χ0n) is 11.8. The molecule has 0 saturated heterocycles. The monoisotopic (exact) mass is 330 g/mol. The van der Waals surface area contributed by atoms with Crippen molar-refractivity contribution in [1.82, 2.24) is 19.7 Å². The van der Waals surface area contributed by atoms with Crippen molar-refractivity contribution in [2.75, 3.05) is 0 Å². The van der Waals surface area contributed by atoms with Crippen LogP contribution in [0.25, 0.3) is 16.8 Å². The maximum absolute atomic E-state index is 6.56. The van der Waals surface area contributed by atoms with Gasteiger partial charge in [0, 0.05) is 24.4 Å². The first-order chi connectivity index (χ1) is 10.6. The molecule has 22 heavy (non-hydrogen) atoms. The summed E-state index contributed by atoms with van der Waals surface area (Å²) in [5.41, 5.74) is 4.17. The van der Waals surface area contributed by atoms with Gasteiger partial charge >= 0.3 is 0 Å². The lowest BCUT2D eigenvalue weighted by atomic mass is 9.97. The van der Waals surface area contributed by atoms with E-state index < -0.39 is 0 Å². The molecule has 0 unspecified atom stereocenters. The number of hydrogen-bond donors (Lipinski definition) is 0. The average Bonchev–Trinajstić information content (AvgIpc) is 2.88. The van der Waals surface area contributed by atoms with E-state index in [1.165, 1.54) is 5.56 Å². The molecule has 0 radical (unpaired) electrons. The molecule has 0 N–H and O–H groups in total. The van der Waals surface area contributed by atoms with Crippen molar-refractivity contribution < 1.29 is 0 Å². The molecule has 0 fully saturated rings. The molecule has 4 nitrogen and oxygen atoms in total. The molecule has 1 aromatic carbocycles. The normalized spacial score (nSPS) is 12.9. The molecule has 0 saturated carbocycles. The van der Waals surface area contributed by atoms with Gasteiger partial charge in [-0.1, -0.05) is 23.2 Å². The lowest BCUT2D eigenvalue weighted by molar-refractivity contribution is 0.767. The topological polar surface area (TPSA) is 43.6 Å². The van der Waals surface area contributed by atoms with Gasteiger partial charge in [0.25, 0.3) is 0 Å². The quantitative estimate of drug-likeness (QED) is 0.676. The first-order valence-electron chi connectivity index (χ1n) is 6.98. The largest absolute Gasteiger partial charge is 0.281 e. The van der Waals surface area contributed by atoms with Gasteiger partial charge < -0.3 is 0 Å². The van der Waals surface area contributed by atoms with E-state index in [9.17, 15) is 0 Å². The number of benzene rings is 1. The predicted molar refractivity (Wildman–Crippen MR) is 86.8 cm³/mol. The van der Waals surface area contributed by atoms with Gasteiger partial charge in [0.05, 0.1) is 15.7 Å². The molecule has 0 amide bonds. The Balaban J connectivity index is 1.92. The molecule has 2 aromatic heterocycles. The summed E-state index contributed by atoms with van der Waals surface area (Å²) in [6, 6.07) is 5.99. The summed E-state index contributed by atoms with van der Waals surface area (Å²) in [7, 11) is 0. The van der Waals surface area contributed by atoms with E-state index in [1.807, 2.05) is 23.6 Å². The number of fused-ring (bicyclic) bond motifs is 3. The summed E-state index contributed by atoms with van der Waals surface area (Å²) >= 11 is 12.6. The number of aryl methyl sites for hydroxylation is 3. The second-order valence-corrected chi connectivity index (χ2v) is 6.20. The third-order valence-corrected chi connectivity index (χ3v) is 4.41. The van der Waals surface area contributed by atoms with Gasteiger partial charge in [0.15, 0.2) is 0 Å². The first-order valence-corrected chi connectivity index (χ1v) is 7.73. The van der Waals surface area contributed by atoms with Crippen molar-refractivity contribution in [1.29, 1.82) is 0 Å². The fourth-order valence-electron chi connectivity index (χ4n) is 2.94. The van der Waals surface area contributed by atoms with Crippen LogP contribution >= 0.6 is 23.2 Å². The van der Waals surface area contributed by atoms with Gasteiger partial charge in [-0.15, -0.1) is 10.2 Å². The minimum atomic E-state index is 0.614. The zero-order valence-corrected chi connectivity index (χ0v) is 13.4. The number of aromatic nitrogens is 4. The number of hydrogen-bond acceptors (Lipinski definition) is 3. The minimum absolute atomic E-state index is 0.614. The van der Waals surface area contributed by atoms with Crippen molar-refractivity contribution in [3.8, 4) is 16.8 Å². The highest BCUT2D eigenvalue weighted by atomic mass is 35.5. The lowest BCUT2D eigenvalue weighted by Gasteiger charge is -2.21. The van der Waals surface area contributed by atoms with Crippen molar-refractivity contribution in [3.05, 3.63) is 57.9 Å². The Labute approximate surface area is 137 Å². The van der Waals surface area contributed by atoms with Gasteiger partial charge in [-0.2, -0.15) is 0 Å². The van der Waals surface area contributed by atoms with Gasteiger partial charge in [-0.25, -0.2) is 0 Å². The second-order valence-electron chi connectivity index (χ2n) is 5.36. The highest BCUT2D eigenvalue weighted by Gasteiger charge is 2.22. The van der Waals surface area contributed by atoms with E-state index in [2.05, 4.69) is 21.2 Å². The smallest absolute Gasteiger partial charge is 0.137 e. The first kappa shape index (κ1) is 13.7. The molecule has 0 atom stereocenters. The summed E-state index contributed by atoms with van der Waals surface area (Å²) in [5.74, 6) is 1.82. The number of rotatable bonds is 1. The Hall–Kier alpha value is -1.91. The molecule has 0 spiro atoms. The summed E-state index contributed by atoms with van der Waals surface area (Å²) in [4.78, 5) is 4.14. The molecule has 1 aliphatic heterocycles. The molecular weight excluding hydrogens is 319 g/mol. The third kappa shape index (κ3) is 2.11. The molecule has 3 aromatic rings. The van der Waals surface area contributed by atoms with Crippen molar-refractivity contribution >= 4 is 23.2 Å². The Kier molecular flexibility index (Phi) is 3.17. The Morgan fingerprint density at radius 2 is 1.86 bits per heavy atom. The van der Waals surface area contributed by atoms with Gasteiger partial charge in [-0.05, 0) is 42.7 Å². The van der Waals surface area contributed by atoms with E-state index in [-0.39, 0.29) is 0 Å². The highest BCUT2D eigenvalue weighted by molar-refractivity contribution is 6.33. The van der Waals surface area contributed by atoms with Crippen LogP contribution in [0, 0.1) is 6.92 Å². The number of halogens is 2. The van der Waals surface area contributed by atoms with E-state index in [0.29, 0.717) is 10.0 Å². The maximum atomic E-state index is 6.56. The zero-order chi connectivity index (χ0) is 15.3. The summed E-state index contributed by atoms with van der Waals surface area (Å²) < 4.78 is 2.04. The van der Waals surface area contributed by atoms with Gasteiger partial charge in [-0.3, -0.25) is 9.55 Å². The van der Waals surface area contributed by atoms with Gasteiger partial charge in [0.2, 0.25) is 0 Å². The molecule has 3 heterocycles. The summed E-state index contributed by atoms with van der Waals surface area (Å²) in [6.07, 6.45) is 5.18. The van der Waals surface area contributed by atoms with E-state index in [4.69, 9.17) is 23.2 Å². The van der Waals surface area contributed by atoms with Crippen LogP contribution in [0.3, 0.4) is 0 Å². The highest BCUT2D eigenvalue weighted by Crippen LogP contribution is 2.35. The fraction of sp³-hybridized carbons (Fsp3) is 0.188. The van der Waals surface area contributed by atoms with Crippen LogP contribution in [0.5, 0.6) is 0 Å². The van der Waals surface area contributed by atoms with Crippen LogP contribution in [0.1, 0.15) is 17.2 Å². The van der Waals surface area contributed by atoms with Crippen LogP contribution in [0.15, 0.2) is 30.6 Å². The van der Waals surface area contributed by atoms with Crippen LogP contribution in [-0.4, -0.2) is 19.7 Å². The van der Waals surface area contributed by atoms with Crippen LogP contribution in [0.4, 0.5) is 0 Å². The molecule has 0 bridgehead atoms. The van der Waals surface area contributed by atoms with E-state index >= 15 is 0 Å². The Morgan fingerprint density at radius 1 is 1.00 bits per heavy atom. The minimum Gasteiger partial charge on any atom is -0.281 e. The summed E-state index contributed by atoms with van der Waals surface area (Å²) in [5, 5.41) is 9.68. The van der Waals surface area contributed by atoms with Crippen molar-refractivity contribution in [3.63, 3.8) is 0 Å². The van der Waals surface area contributed by atoms with Crippen LogP contribution in [-0.2, 0) is 12.8 Å². The van der Waals surface area contributed by atoms with Gasteiger partial charge in [0.1, 0.15) is 11.6 Å². The van der Waals surface area contributed by atoms with E-state index in [1.54, 1.807) is 12.4 Å². The average molecular weight is 331 g/mol. The molecule has 4 rings (SSSR count). The SMILES string of the molecule is Cc1nnc2n1-c1c(Cl)cc(-c3cncc(Cl)c3)cc1CC2. The van der Waals surface area contributed by atoms with Crippen molar-refractivity contribution in [2.24, 2.45) is 0 Å². The fourth-order valence-corrected chi connectivity index (χ4v) is 3.44. The summed E-state index contributed by atoms with van der Waals surface area (Å²) in [6.45, 7) is 1.94. The lowest BCUT2D eigenvalue weighted by Crippen LogP contribution is -2.14.